The molecule has 0 spiro atoms. The van der Waals surface area contributed by atoms with Crippen molar-refractivity contribution in [2.45, 2.75) is 46.0 Å². The van der Waals surface area contributed by atoms with Gasteiger partial charge in [0.25, 0.3) is 0 Å². The van der Waals surface area contributed by atoms with Gasteiger partial charge < -0.3 is 0 Å². The van der Waals surface area contributed by atoms with Crippen molar-refractivity contribution < 1.29 is 0 Å². The Morgan fingerprint density at radius 2 is 0.955 bits per heavy atom. The Balaban J connectivity index is 4.62. The van der Waals surface area contributed by atoms with Crippen molar-refractivity contribution in [3.63, 3.8) is 0 Å². The predicted octanol–water partition coefficient (Wildman–Crippen LogP) is 6.99. The van der Waals surface area contributed by atoms with Crippen LogP contribution in [-0.4, -0.2) is 0 Å². The van der Waals surface area contributed by atoms with Crippen LogP contribution in [0.25, 0.3) is 0 Å². The summed E-state index contributed by atoms with van der Waals surface area (Å²) in [6.45, 7) is 24.4. The highest BCUT2D eigenvalue weighted by Gasteiger charge is 2.18. The molecule has 0 saturated heterocycles. The van der Waals surface area contributed by atoms with Gasteiger partial charge in [-0.1, -0.05) is 44.2 Å². The Bertz CT molecular complexity index is 349. The van der Waals surface area contributed by atoms with Crippen molar-refractivity contribution in [3.05, 3.63) is 63.3 Å². The molecule has 0 N–H and O–H groups in total. The van der Waals surface area contributed by atoms with Crippen LogP contribution in [0.15, 0.2) is 63.3 Å². The van der Waals surface area contributed by atoms with Crippen molar-refractivity contribution in [2.24, 2.45) is 29.6 Å². The fourth-order valence-corrected chi connectivity index (χ4v) is 3.04. The third-order valence-corrected chi connectivity index (χ3v) is 4.75. The van der Waals surface area contributed by atoms with Crippen LogP contribution in [-0.2, 0) is 0 Å². The summed E-state index contributed by atoms with van der Waals surface area (Å²) in [5.74, 6) is 2.71. The SMILES string of the molecule is C=CC(C)CC(C=C)C[C@H](C=C)CC(C=C)CC(C=C)CC. The van der Waals surface area contributed by atoms with Gasteiger partial charge in [0.1, 0.15) is 0 Å². The minimum absolute atomic E-state index is 0.519. The lowest BCUT2D eigenvalue weighted by Crippen LogP contribution is -2.13. The molecule has 0 amide bonds. The lowest BCUT2D eigenvalue weighted by molar-refractivity contribution is 0.353. The molecule has 0 fully saturated rings. The molecule has 0 aromatic carbocycles. The maximum Gasteiger partial charge on any atom is -0.0225 e. The van der Waals surface area contributed by atoms with E-state index in [1.807, 2.05) is 6.08 Å². The number of rotatable bonds is 14. The lowest BCUT2D eigenvalue weighted by atomic mass is 9.81. The van der Waals surface area contributed by atoms with Crippen LogP contribution < -0.4 is 0 Å². The van der Waals surface area contributed by atoms with Gasteiger partial charge in [0.15, 0.2) is 0 Å². The molecule has 124 valence electrons. The average Bonchev–Trinajstić information content (AvgIpc) is 2.56. The monoisotopic (exact) mass is 300 g/mol. The number of hydrogen-bond donors (Lipinski definition) is 0. The molecule has 0 aliphatic heterocycles. The van der Waals surface area contributed by atoms with Crippen molar-refractivity contribution in [3.8, 4) is 0 Å². The lowest BCUT2D eigenvalue weighted by Gasteiger charge is -2.25. The van der Waals surface area contributed by atoms with Gasteiger partial charge >= 0.3 is 0 Å². The fraction of sp³-hybridized carbons (Fsp3) is 0.545. The predicted molar refractivity (Wildman–Crippen MR) is 103 cm³/mol. The molecule has 0 heteroatoms. The van der Waals surface area contributed by atoms with E-state index in [0.29, 0.717) is 29.6 Å². The van der Waals surface area contributed by atoms with Gasteiger partial charge in [0.2, 0.25) is 0 Å². The summed E-state index contributed by atoms with van der Waals surface area (Å²) in [4.78, 5) is 0. The van der Waals surface area contributed by atoms with Crippen LogP contribution in [0.3, 0.4) is 0 Å². The van der Waals surface area contributed by atoms with Crippen LogP contribution in [0.2, 0.25) is 0 Å². The largest absolute Gasteiger partial charge is 0.103 e. The van der Waals surface area contributed by atoms with E-state index in [4.69, 9.17) is 0 Å². The first kappa shape index (κ1) is 20.7. The summed E-state index contributed by atoms with van der Waals surface area (Å²) < 4.78 is 0. The summed E-state index contributed by atoms with van der Waals surface area (Å²) >= 11 is 0. The van der Waals surface area contributed by atoms with Gasteiger partial charge in [-0.05, 0) is 61.7 Å². The number of allylic oxidation sites excluding steroid dienone is 5. The van der Waals surface area contributed by atoms with Crippen molar-refractivity contribution in [2.75, 3.05) is 0 Å². The molecule has 0 nitrogen and oxygen atoms in total. The normalized spacial score (nSPS) is 17.5. The van der Waals surface area contributed by atoms with E-state index in [2.05, 4.69) is 71.0 Å². The Morgan fingerprint density at radius 3 is 1.27 bits per heavy atom. The molecule has 0 aromatic rings. The molecule has 0 aromatic heterocycles. The van der Waals surface area contributed by atoms with Gasteiger partial charge in [0, 0.05) is 0 Å². The van der Waals surface area contributed by atoms with Crippen molar-refractivity contribution in [1.29, 1.82) is 0 Å². The maximum atomic E-state index is 4.05. The minimum atomic E-state index is 0.519. The van der Waals surface area contributed by atoms with Crippen LogP contribution >= 0.6 is 0 Å². The zero-order valence-electron chi connectivity index (χ0n) is 14.8. The van der Waals surface area contributed by atoms with Gasteiger partial charge in [-0.15, -0.1) is 32.9 Å². The molecule has 0 radical (unpaired) electrons. The second-order valence-electron chi connectivity index (χ2n) is 6.55. The van der Waals surface area contributed by atoms with E-state index < -0.39 is 0 Å². The first-order chi connectivity index (χ1) is 10.5. The van der Waals surface area contributed by atoms with Gasteiger partial charge in [0.05, 0.1) is 0 Å². The Labute approximate surface area is 139 Å². The van der Waals surface area contributed by atoms with E-state index in [-0.39, 0.29) is 0 Å². The molecular weight excluding hydrogens is 264 g/mol. The van der Waals surface area contributed by atoms with Crippen LogP contribution in [0, 0.1) is 29.6 Å². The highest BCUT2D eigenvalue weighted by molar-refractivity contribution is 4.94. The Morgan fingerprint density at radius 1 is 0.591 bits per heavy atom. The molecular formula is C22H36. The third-order valence-electron chi connectivity index (χ3n) is 4.75. The van der Waals surface area contributed by atoms with E-state index >= 15 is 0 Å². The average molecular weight is 301 g/mol. The molecule has 0 aliphatic rings. The van der Waals surface area contributed by atoms with Gasteiger partial charge in [-0.3, -0.25) is 0 Å². The zero-order valence-corrected chi connectivity index (χ0v) is 14.8. The van der Waals surface area contributed by atoms with Gasteiger partial charge in [-0.2, -0.15) is 0 Å². The molecule has 5 atom stereocenters. The van der Waals surface area contributed by atoms with Gasteiger partial charge in [-0.25, -0.2) is 0 Å². The summed E-state index contributed by atoms with van der Waals surface area (Å²) in [5, 5.41) is 0. The van der Waals surface area contributed by atoms with Crippen molar-refractivity contribution in [1.82, 2.24) is 0 Å². The van der Waals surface area contributed by atoms with E-state index in [0.717, 1.165) is 32.1 Å². The third kappa shape index (κ3) is 8.22. The van der Waals surface area contributed by atoms with E-state index in [1.54, 1.807) is 0 Å². The quantitative estimate of drug-likeness (QED) is 0.303. The van der Waals surface area contributed by atoms with Crippen molar-refractivity contribution >= 4 is 0 Å². The topological polar surface area (TPSA) is 0 Å². The summed E-state index contributed by atoms with van der Waals surface area (Å²) in [5.41, 5.74) is 0. The second-order valence-corrected chi connectivity index (χ2v) is 6.55. The molecule has 22 heavy (non-hydrogen) atoms. The smallest absolute Gasteiger partial charge is 0.0225 e. The fourth-order valence-electron chi connectivity index (χ4n) is 3.04. The molecule has 0 heterocycles. The highest BCUT2D eigenvalue weighted by Crippen LogP contribution is 2.30. The first-order valence-corrected chi connectivity index (χ1v) is 8.67. The van der Waals surface area contributed by atoms with Crippen LogP contribution in [0.4, 0.5) is 0 Å². The molecule has 0 rings (SSSR count). The highest BCUT2D eigenvalue weighted by atomic mass is 14.2. The van der Waals surface area contributed by atoms with Crippen LogP contribution in [0.5, 0.6) is 0 Å². The Kier molecular flexibility index (Phi) is 11.5. The summed E-state index contributed by atoms with van der Waals surface area (Å²) in [7, 11) is 0. The minimum Gasteiger partial charge on any atom is -0.103 e. The second kappa shape index (κ2) is 12.3. The zero-order chi connectivity index (χ0) is 17.0. The maximum absolute atomic E-state index is 4.05. The Hall–Kier alpha value is -1.30. The molecule has 0 saturated carbocycles. The van der Waals surface area contributed by atoms with E-state index in [1.165, 1.54) is 0 Å². The standard InChI is InChI=1S/C22H36/c1-8-18(7)14-20(11-4)16-22(13-6)17-21(12-5)15-19(9-2)10-3/h8-9,11-13,18-22H,1-2,4-6,10,14-17H2,3,7H3/t18?,19?,20?,21?,22-/m0/s1. The summed E-state index contributed by atoms with van der Waals surface area (Å²) in [6, 6.07) is 0. The molecule has 0 aliphatic carbocycles. The molecule has 0 bridgehead atoms. The summed E-state index contributed by atoms with van der Waals surface area (Å²) in [6.07, 6.45) is 16.1. The first-order valence-electron chi connectivity index (χ1n) is 8.67. The van der Waals surface area contributed by atoms with E-state index in [9.17, 15) is 0 Å². The van der Waals surface area contributed by atoms with Crippen LogP contribution in [0.1, 0.15) is 46.0 Å². The molecule has 4 unspecified atom stereocenters. The number of hydrogen-bond acceptors (Lipinski definition) is 0.